The van der Waals surface area contributed by atoms with Gasteiger partial charge < -0.3 is 10.1 Å². The number of aromatic amines is 1. The van der Waals surface area contributed by atoms with Gasteiger partial charge in [-0.15, -0.1) is 0 Å². The van der Waals surface area contributed by atoms with Gasteiger partial charge in [0, 0.05) is 10.5 Å². The summed E-state index contributed by atoms with van der Waals surface area (Å²) >= 11 is 9.14. The van der Waals surface area contributed by atoms with E-state index >= 15 is 0 Å². The van der Waals surface area contributed by atoms with Crippen molar-refractivity contribution in [1.29, 1.82) is 0 Å². The molecule has 0 fully saturated rings. The van der Waals surface area contributed by atoms with Crippen LogP contribution in [0.5, 0.6) is 5.75 Å². The van der Waals surface area contributed by atoms with E-state index in [0.29, 0.717) is 20.4 Å². The molecule has 0 aliphatic carbocycles. The Morgan fingerprint density at radius 3 is 2.86 bits per heavy atom. The molecule has 0 aliphatic rings. The highest BCUT2D eigenvalue weighted by Crippen LogP contribution is 2.33. The molecule has 0 unspecified atom stereocenters. The first-order chi connectivity index (χ1) is 6.59. The Morgan fingerprint density at radius 2 is 2.14 bits per heavy atom. The summed E-state index contributed by atoms with van der Waals surface area (Å²) in [7, 11) is 0. The summed E-state index contributed by atoms with van der Waals surface area (Å²) in [6.07, 6.45) is 0. The largest absolute Gasteiger partial charge is 0.507 e. The Morgan fingerprint density at radius 1 is 1.43 bits per heavy atom. The fourth-order valence-electron chi connectivity index (χ4n) is 1.28. The second-order valence-electron chi connectivity index (χ2n) is 2.80. The van der Waals surface area contributed by atoms with Crippen LogP contribution in [0.3, 0.4) is 0 Å². The van der Waals surface area contributed by atoms with Crippen molar-refractivity contribution >= 4 is 38.4 Å². The van der Waals surface area contributed by atoms with E-state index in [9.17, 15) is 9.90 Å². The van der Waals surface area contributed by atoms with Gasteiger partial charge in [0.1, 0.15) is 5.75 Å². The number of H-pyrrole nitrogens is 1. The van der Waals surface area contributed by atoms with Crippen LogP contribution in [0.2, 0.25) is 5.02 Å². The highest BCUT2D eigenvalue weighted by molar-refractivity contribution is 9.10. The zero-order chi connectivity index (χ0) is 10.3. The third-order valence-electron chi connectivity index (χ3n) is 1.88. The van der Waals surface area contributed by atoms with Crippen LogP contribution in [-0.2, 0) is 0 Å². The summed E-state index contributed by atoms with van der Waals surface area (Å²) in [6, 6.07) is 4.47. The molecule has 0 spiro atoms. The molecule has 5 heteroatoms. The Bertz CT molecular complexity index is 564. The minimum absolute atomic E-state index is 0.0851. The van der Waals surface area contributed by atoms with E-state index in [-0.39, 0.29) is 11.3 Å². The molecule has 0 bridgehead atoms. The molecular weight excluding hydrogens is 269 g/mol. The second kappa shape index (κ2) is 3.29. The number of hydrogen-bond donors (Lipinski definition) is 2. The molecule has 0 aliphatic heterocycles. The van der Waals surface area contributed by atoms with Crippen LogP contribution in [0, 0.1) is 0 Å². The third kappa shape index (κ3) is 1.40. The number of halogens is 2. The predicted octanol–water partition coefficient (Wildman–Crippen LogP) is 2.65. The standard InChI is InChI=1S/C9H5BrClNO2/c10-4-1-2-5(11)9-8(4)6(13)3-7(14)12-9/h1-3H,(H2,12,13,14). The lowest BCUT2D eigenvalue weighted by molar-refractivity contribution is 0.480. The molecule has 1 aromatic carbocycles. The highest BCUT2D eigenvalue weighted by Gasteiger charge is 2.08. The van der Waals surface area contributed by atoms with Crippen LogP contribution in [0.25, 0.3) is 10.9 Å². The average Bonchev–Trinajstić information content (AvgIpc) is 2.10. The number of aromatic hydroxyl groups is 1. The SMILES string of the molecule is O=c1cc(O)c2c(Br)ccc(Cl)c2[nH]1. The van der Waals surface area contributed by atoms with Gasteiger partial charge in [0.25, 0.3) is 5.56 Å². The lowest BCUT2D eigenvalue weighted by atomic mass is 10.2. The summed E-state index contributed by atoms with van der Waals surface area (Å²) < 4.78 is 0.686. The van der Waals surface area contributed by atoms with Crippen molar-refractivity contribution in [3.8, 4) is 5.75 Å². The van der Waals surface area contributed by atoms with Crippen molar-refractivity contribution in [1.82, 2.24) is 4.98 Å². The van der Waals surface area contributed by atoms with E-state index in [1.165, 1.54) is 0 Å². The molecule has 0 saturated heterocycles. The molecule has 0 saturated carbocycles. The predicted molar refractivity (Wildman–Crippen MR) is 58.9 cm³/mol. The first kappa shape index (κ1) is 9.55. The fraction of sp³-hybridized carbons (Fsp3) is 0. The minimum atomic E-state index is -0.380. The smallest absolute Gasteiger partial charge is 0.252 e. The third-order valence-corrected chi connectivity index (χ3v) is 2.85. The first-order valence-electron chi connectivity index (χ1n) is 3.79. The van der Waals surface area contributed by atoms with E-state index in [2.05, 4.69) is 20.9 Å². The number of hydrogen-bond acceptors (Lipinski definition) is 2. The maximum Gasteiger partial charge on any atom is 0.252 e. The van der Waals surface area contributed by atoms with Crippen molar-refractivity contribution in [2.24, 2.45) is 0 Å². The molecule has 2 rings (SSSR count). The summed E-state index contributed by atoms with van der Waals surface area (Å²) in [5.74, 6) is -0.0851. The van der Waals surface area contributed by atoms with Crippen molar-refractivity contribution in [2.45, 2.75) is 0 Å². The van der Waals surface area contributed by atoms with Crippen LogP contribution in [0.4, 0.5) is 0 Å². The number of aromatic nitrogens is 1. The zero-order valence-corrected chi connectivity index (χ0v) is 9.19. The quantitative estimate of drug-likeness (QED) is 0.776. The fourth-order valence-corrected chi connectivity index (χ4v) is 2.02. The number of fused-ring (bicyclic) bond motifs is 1. The lowest BCUT2D eigenvalue weighted by Gasteiger charge is -2.04. The molecule has 2 aromatic rings. The number of pyridine rings is 1. The molecule has 1 aromatic heterocycles. The van der Waals surface area contributed by atoms with Crippen molar-refractivity contribution in [2.75, 3.05) is 0 Å². The normalized spacial score (nSPS) is 10.7. The highest BCUT2D eigenvalue weighted by atomic mass is 79.9. The lowest BCUT2D eigenvalue weighted by Crippen LogP contribution is -2.03. The van der Waals surface area contributed by atoms with Gasteiger partial charge in [0.15, 0.2) is 0 Å². The topological polar surface area (TPSA) is 53.1 Å². The van der Waals surface area contributed by atoms with Gasteiger partial charge in [-0.25, -0.2) is 0 Å². The average molecular weight is 275 g/mol. The summed E-state index contributed by atoms with van der Waals surface area (Å²) in [5.41, 5.74) is 0.0565. The van der Waals surface area contributed by atoms with Crippen LogP contribution >= 0.6 is 27.5 Å². The summed E-state index contributed by atoms with van der Waals surface area (Å²) in [6.45, 7) is 0. The van der Waals surface area contributed by atoms with Crippen LogP contribution in [-0.4, -0.2) is 10.1 Å². The van der Waals surface area contributed by atoms with E-state index in [4.69, 9.17) is 11.6 Å². The van der Waals surface area contributed by atoms with Crippen LogP contribution in [0.15, 0.2) is 27.5 Å². The molecule has 1 heterocycles. The Hall–Kier alpha value is -1.00. The molecule has 14 heavy (non-hydrogen) atoms. The molecule has 0 atom stereocenters. The number of rotatable bonds is 0. The minimum Gasteiger partial charge on any atom is -0.507 e. The van der Waals surface area contributed by atoms with E-state index in [1.807, 2.05) is 0 Å². The van der Waals surface area contributed by atoms with Crippen LogP contribution in [0.1, 0.15) is 0 Å². The van der Waals surface area contributed by atoms with Crippen molar-refractivity contribution < 1.29 is 5.11 Å². The summed E-state index contributed by atoms with van der Waals surface area (Å²) in [5, 5.41) is 10.5. The maximum absolute atomic E-state index is 11.1. The Labute approximate surface area is 92.5 Å². The molecular formula is C9H5BrClNO2. The summed E-state index contributed by atoms with van der Waals surface area (Å²) in [4.78, 5) is 13.6. The molecule has 2 N–H and O–H groups in total. The van der Waals surface area contributed by atoms with Gasteiger partial charge in [-0.05, 0) is 28.1 Å². The van der Waals surface area contributed by atoms with Crippen molar-refractivity contribution in [3.05, 3.63) is 38.0 Å². The van der Waals surface area contributed by atoms with Gasteiger partial charge in [0.05, 0.1) is 15.9 Å². The van der Waals surface area contributed by atoms with Gasteiger partial charge in [-0.1, -0.05) is 11.6 Å². The van der Waals surface area contributed by atoms with Crippen molar-refractivity contribution in [3.63, 3.8) is 0 Å². The first-order valence-corrected chi connectivity index (χ1v) is 4.96. The number of benzene rings is 1. The molecule has 0 radical (unpaired) electrons. The van der Waals surface area contributed by atoms with E-state index in [0.717, 1.165) is 6.07 Å². The molecule has 72 valence electrons. The van der Waals surface area contributed by atoms with E-state index < -0.39 is 0 Å². The Balaban J connectivity index is 3.07. The second-order valence-corrected chi connectivity index (χ2v) is 4.06. The number of nitrogens with one attached hydrogen (secondary N) is 1. The van der Waals surface area contributed by atoms with Gasteiger partial charge in [0.2, 0.25) is 0 Å². The zero-order valence-electron chi connectivity index (χ0n) is 6.84. The molecule has 3 nitrogen and oxygen atoms in total. The van der Waals surface area contributed by atoms with Gasteiger partial charge in [-0.3, -0.25) is 4.79 Å². The molecule has 0 amide bonds. The Kier molecular flexibility index (Phi) is 2.25. The van der Waals surface area contributed by atoms with Gasteiger partial charge in [-0.2, -0.15) is 0 Å². The van der Waals surface area contributed by atoms with Crippen LogP contribution < -0.4 is 5.56 Å². The monoisotopic (exact) mass is 273 g/mol. The maximum atomic E-state index is 11.1. The van der Waals surface area contributed by atoms with E-state index in [1.54, 1.807) is 12.1 Å². The van der Waals surface area contributed by atoms with Gasteiger partial charge >= 0.3 is 0 Å².